The molecule has 1 N–H and O–H groups in total. The van der Waals surface area contributed by atoms with Gasteiger partial charge in [-0.25, -0.2) is 9.48 Å². The molecule has 0 bridgehead atoms. The van der Waals surface area contributed by atoms with Crippen LogP contribution < -0.4 is 10.9 Å². The predicted octanol–water partition coefficient (Wildman–Crippen LogP) is 1.68. The summed E-state index contributed by atoms with van der Waals surface area (Å²) in [4.78, 5) is 25.4. The molecule has 1 aromatic heterocycles. The maximum absolute atomic E-state index is 12.3. The van der Waals surface area contributed by atoms with Crippen LogP contribution in [0.25, 0.3) is 0 Å². The Morgan fingerprint density at radius 2 is 2.10 bits per heavy atom. The molecule has 0 radical (unpaired) electrons. The van der Waals surface area contributed by atoms with E-state index in [0.29, 0.717) is 17.7 Å². The summed E-state index contributed by atoms with van der Waals surface area (Å²) in [5.74, 6) is 1.56. The second-order valence-electron chi connectivity index (χ2n) is 5.79. The highest BCUT2D eigenvalue weighted by atomic mass is 16.2. The Bertz CT molecular complexity index is 540. The van der Waals surface area contributed by atoms with Crippen molar-refractivity contribution in [2.45, 2.75) is 26.7 Å². The lowest BCUT2D eigenvalue weighted by molar-refractivity contribution is 0.207. The van der Waals surface area contributed by atoms with Crippen LogP contribution in [-0.2, 0) is 7.05 Å². The minimum absolute atomic E-state index is 0.142. The number of hydrogen-bond acceptors (Lipinski definition) is 3. The van der Waals surface area contributed by atoms with Gasteiger partial charge in [-0.2, -0.15) is 5.10 Å². The first-order valence-electron chi connectivity index (χ1n) is 7.06. The smallest absolute Gasteiger partial charge is 0.323 e. The standard InChI is InChI=1S/C14H22N4O2/c1-10-6-7-18(9-11(2)8-10)14(20)15-12-4-5-13(19)17(3)16-12/h4-5,10-11H,6-9H2,1-3H3,(H,15,16,20)/t10-,11-/m1/s1. The molecule has 1 aliphatic rings. The van der Waals surface area contributed by atoms with Gasteiger partial charge in [0.2, 0.25) is 0 Å². The normalized spacial score (nSPS) is 23.2. The van der Waals surface area contributed by atoms with Crippen LogP contribution in [-0.4, -0.2) is 33.8 Å². The fourth-order valence-corrected chi connectivity index (χ4v) is 2.67. The first-order chi connectivity index (χ1) is 9.45. The number of nitrogens with zero attached hydrogens (tertiary/aromatic N) is 3. The number of aryl methyl sites for hydroxylation is 1. The van der Waals surface area contributed by atoms with Crippen molar-refractivity contribution in [3.63, 3.8) is 0 Å². The fraction of sp³-hybridized carbons (Fsp3) is 0.643. The van der Waals surface area contributed by atoms with Crippen molar-refractivity contribution in [1.29, 1.82) is 0 Å². The van der Waals surface area contributed by atoms with Crippen molar-refractivity contribution in [2.24, 2.45) is 18.9 Å². The molecule has 0 unspecified atom stereocenters. The zero-order valence-electron chi connectivity index (χ0n) is 12.3. The van der Waals surface area contributed by atoms with E-state index in [2.05, 4.69) is 24.3 Å². The molecule has 0 saturated carbocycles. The van der Waals surface area contributed by atoms with Crippen molar-refractivity contribution < 1.29 is 4.79 Å². The quantitative estimate of drug-likeness (QED) is 0.850. The predicted molar refractivity (Wildman–Crippen MR) is 77.6 cm³/mol. The molecule has 2 rings (SSSR count). The fourth-order valence-electron chi connectivity index (χ4n) is 2.67. The summed E-state index contributed by atoms with van der Waals surface area (Å²) in [7, 11) is 1.56. The van der Waals surface area contributed by atoms with E-state index < -0.39 is 0 Å². The molecular weight excluding hydrogens is 256 g/mol. The highest BCUT2D eigenvalue weighted by Crippen LogP contribution is 2.21. The highest BCUT2D eigenvalue weighted by Gasteiger charge is 2.22. The Kier molecular flexibility index (Phi) is 4.42. The summed E-state index contributed by atoms with van der Waals surface area (Å²) < 4.78 is 1.21. The Labute approximate surface area is 118 Å². The molecular formula is C14H22N4O2. The SMILES string of the molecule is C[C@@H]1CCN(C(=O)Nc2ccc(=O)n(C)n2)C[C@H](C)C1. The van der Waals surface area contributed by atoms with Crippen LogP contribution in [0.4, 0.5) is 10.6 Å². The van der Waals surface area contributed by atoms with E-state index in [0.717, 1.165) is 25.9 Å². The van der Waals surface area contributed by atoms with Crippen molar-refractivity contribution in [1.82, 2.24) is 14.7 Å². The van der Waals surface area contributed by atoms with Crippen LogP contribution in [0.2, 0.25) is 0 Å². The number of nitrogens with one attached hydrogen (secondary N) is 1. The summed E-state index contributed by atoms with van der Waals surface area (Å²) in [5.41, 5.74) is -0.194. The van der Waals surface area contributed by atoms with Crippen LogP contribution in [0.5, 0.6) is 0 Å². The van der Waals surface area contributed by atoms with E-state index >= 15 is 0 Å². The van der Waals surface area contributed by atoms with Gasteiger partial charge in [-0.05, 0) is 30.7 Å². The van der Waals surface area contributed by atoms with Crippen LogP contribution in [0.15, 0.2) is 16.9 Å². The molecule has 0 spiro atoms. The molecule has 2 amide bonds. The second-order valence-corrected chi connectivity index (χ2v) is 5.79. The summed E-state index contributed by atoms with van der Waals surface area (Å²) in [6.45, 7) is 5.93. The molecule has 1 aromatic rings. The third kappa shape index (κ3) is 3.59. The number of carbonyl (C=O) groups excluding carboxylic acids is 1. The number of carbonyl (C=O) groups is 1. The molecule has 0 aliphatic carbocycles. The molecule has 1 aliphatic heterocycles. The van der Waals surface area contributed by atoms with Gasteiger partial charge in [0.05, 0.1) is 0 Å². The molecule has 6 nitrogen and oxygen atoms in total. The summed E-state index contributed by atoms with van der Waals surface area (Å²) in [6, 6.07) is 2.79. The number of hydrogen-bond donors (Lipinski definition) is 1. The molecule has 1 fully saturated rings. The lowest BCUT2D eigenvalue weighted by atomic mass is 9.97. The molecule has 6 heteroatoms. The van der Waals surface area contributed by atoms with E-state index in [9.17, 15) is 9.59 Å². The molecule has 20 heavy (non-hydrogen) atoms. The van der Waals surface area contributed by atoms with Crippen LogP contribution >= 0.6 is 0 Å². The number of likely N-dealkylation sites (tertiary alicyclic amines) is 1. The van der Waals surface area contributed by atoms with E-state index in [4.69, 9.17) is 0 Å². The average Bonchev–Trinajstić information content (AvgIpc) is 2.55. The molecule has 2 heterocycles. The highest BCUT2D eigenvalue weighted by molar-refractivity contribution is 5.88. The molecule has 2 atom stereocenters. The summed E-state index contributed by atoms with van der Waals surface area (Å²) >= 11 is 0. The number of amides is 2. The second kappa shape index (κ2) is 6.07. The van der Waals surface area contributed by atoms with Gasteiger partial charge in [-0.3, -0.25) is 10.1 Å². The van der Waals surface area contributed by atoms with E-state index in [1.54, 1.807) is 7.05 Å². The largest absolute Gasteiger partial charge is 0.324 e. The van der Waals surface area contributed by atoms with E-state index in [1.165, 1.54) is 16.8 Å². The van der Waals surface area contributed by atoms with Crippen LogP contribution in [0.3, 0.4) is 0 Å². The van der Waals surface area contributed by atoms with Crippen molar-refractivity contribution >= 4 is 11.8 Å². The zero-order chi connectivity index (χ0) is 14.7. The zero-order valence-corrected chi connectivity index (χ0v) is 12.3. The maximum atomic E-state index is 12.3. The number of urea groups is 1. The molecule has 110 valence electrons. The van der Waals surface area contributed by atoms with Crippen LogP contribution in [0.1, 0.15) is 26.7 Å². The topological polar surface area (TPSA) is 67.2 Å². The van der Waals surface area contributed by atoms with Crippen LogP contribution in [0, 0.1) is 11.8 Å². The third-order valence-electron chi connectivity index (χ3n) is 3.71. The first-order valence-corrected chi connectivity index (χ1v) is 7.06. The summed E-state index contributed by atoms with van der Waals surface area (Å²) in [5, 5.41) is 6.77. The van der Waals surface area contributed by atoms with E-state index in [1.807, 2.05) is 4.90 Å². The van der Waals surface area contributed by atoms with Gasteiger partial charge in [0.25, 0.3) is 5.56 Å². The number of anilines is 1. The lowest BCUT2D eigenvalue weighted by Gasteiger charge is -2.22. The Hall–Kier alpha value is -1.85. The van der Waals surface area contributed by atoms with Crippen molar-refractivity contribution in [3.8, 4) is 0 Å². The van der Waals surface area contributed by atoms with E-state index in [-0.39, 0.29) is 11.6 Å². The number of rotatable bonds is 1. The third-order valence-corrected chi connectivity index (χ3v) is 3.71. The molecule has 0 aromatic carbocycles. The molecule has 1 saturated heterocycles. The Morgan fingerprint density at radius 3 is 2.80 bits per heavy atom. The monoisotopic (exact) mass is 278 g/mol. The van der Waals surface area contributed by atoms with Crippen molar-refractivity contribution in [3.05, 3.63) is 22.5 Å². The number of aromatic nitrogens is 2. The minimum atomic E-state index is -0.194. The summed E-state index contributed by atoms with van der Waals surface area (Å²) in [6.07, 6.45) is 2.18. The van der Waals surface area contributed by atoms with Gasteiger partial charge >= 0.3 is 6.03 Å². The Morgan fingerprint density at radius 1 is 1.35 bits per heavy atom. The lowest BCUT2D eigenvalue weighted by Crippen LogP contribution is -2.38. The van der Waals surface area contributed by atoms with Gasteiger partial charge < -0.3 is 4.90 Å². The van der Waals surface area contributed by atoms with Crippen molar-refractivity contribution in [2.75, 3.05) is 18.4 Å². The van der Waals surface area contributed by atoms with Gasteiger partial charge in [-0.15, -0.1) is 0 Å². The first kappa shape index (κ1) is 14.6. The Balaban J connectivity index is 2.03. The van der Waals surface area contributed by atoms with Gasteiger partial charge in [0, 0.05) is 26.2 Å². The maximum Gasteiger partial charge on any atom is 0.323 e. The average molecular weight is 278 g/mol. The minimum Gasteiger partial charge on any atom is -0.324 e. The van der Waals surface area contributed by atoms with Gasteiger partial charge in [0.1, 0.15) is 0 Å². The van der Waals surface area contributed by atoms with Gasteiger partial charge in [0.15, 0.2) is 5.82 Å². The van der Waals surface area contributed by atoms with Gasteiger partial charge in [-0.1, -0.05) is 13.8 Å².